The van der Waals surface area contributed by atoms with Crippen LogP contribution in [-0.2, 0) is 24.1 Å². The summed E-state index contributed by atoms with van der Waals surface area (Å²) in [4.78, 5) is 14.9. The van der Waals surface area contributed by atoms with Crippen molar-refractivity contribution in [2.45, 2.75) is 32.8 Å². The Morgan fingerprint density at radius 3 is 2.50 bits per heavy atom. The van der Waals surface area contributed by atoms with E-state index in [2.05, 4.69) is 10.3 Å². The minimum absolute atomic E-state index is 0.0603. The summed E-state index contributed by atoms with van der Waals surface area (Å²) in [5.41, 5.74) is -0.0784. The van der Waals surface area contributed by atoms with Gasteiger partial charge in [0, 0.05) is 0 Å². The van der Waals surface area contributed by atoms with Crippen LogP contribution in [0.1, 0.15) is 27.2 Å². The zero-order chi connectivity index (χ0) is 14.3. The molecule has 0 aliphatic rings. The number of ether oxygens (including phenoxy) is 1. The van der Waals surface area contributed by atoms with Crippen molar-refractivity contribution >= 4 is 28.4 Å². The minimum atomic E-state index is -0.581. The second kappa shape index (κ2) is 7.82. The molecule has 0 aromatic carbocycles. The van der Waals surface area contributed by atoms with Crippen molar-refractivity contribution in [3.05, 3.63) is 10.7 Å². The summed E-state index contributed by atoms with van der Waals surface area (Å²) < 4.78 is 5.63. The summed E-state index contributed by atoms with van der Waals surface area (Å²) in [6, 6.07) is 0. The SMILES string of the molecule is [CH-]=N/C(Cl)=C(/CCO)[C](=[W])NC(=O)OC(C)(C)C. The van der Waals surface area contributed by atoms with E-state index in [-0.39, 0.29) is 18.2 Å². The maximum absolute atomic E-state index is 11.6. The van der Waals surface area contributed by atoms with Crippen molar-refractivity contribution in [1.29, 1.82) is 0 Å². The van der Waals surface area contributed by atoms with Gasteiger partial charge in [0.25, 0.3) is 0 Å². The van der Waals surface area contributed by atoms with E-state index in [1.54, 1.807) is 20.8 Å². The second-order valence-electron chi connectivity index (χ2n) is 4.33. The van der Waals surface area contributed by atoms with Gasteiger partial charge in [-0.1, -0.05) is 0 Å². The summed E-state index contributed by atoms with van der Waals surface area (Å²) >= 11 is 6.76. The molecule has 18 heavy (non-hydrogen) atoms. The number of carbonyl (C=O) groups excluding carboxylic acids is 1. The average Bonchev–Trinajstić information content (AvgIpc) is 2.21. The number of nitrogens with one attached hydrogen (secondary N) is 1. The van der Waals surface area contributed by atoms with Crippen LogP contribution in [0.25, 0.3) is 0 Å². The molecule has 0 saturated carbocycles. The molecule has 0 bridgehead atoms. The number of aliphatic imine (C=N–C) groups is 1. The molecular formula is C11H16ClN2O3W-. The fourth-order valence-electron chi connectivity index (χ4n) is 0.972. The summed E-state index contributed by atoms with van der Waals surface area (Å²) in [7, 11) is 0. The zero-order valence-electron chi connectivity index (χ0n) is 10.5. The Morgan fingerprint density at radius 1 is 1.56 bits per heavy atom. The first-order valence-corrected chi connectivity index (χ1v) is 7.00. The van der Waals surface area contributed by atoms with Crippen LogP contribution in [0.4, 0.5) is 4.79 Å². The van der Waals surface area contributed by atoms with Gasteiger partial charge in [-0.05, 0) is 0 Å². The number of rotatable bonds is 5. The first kappa shape index (κ1) is 17.5. The molecule has 0 rings (SSSR count). The number of carbonyl (C=O) groups is 1. The van der Waals surface area contributed by atoms with Crippen LogP contribution < -0.4 is 5.32 Å². The molecule has 0 aliphatic carbocycles. The van der Waals surface area contributed by atoms with Crippen molar-refractivity contribution in [2.24, 2.45) is 4.99 Å². The Balaban J connectivity index is 4.73. The van der Waals surface area contributed by atoms with Crippen molar-refractivity contribution in [3.63, 3.8) is 0 Å². The molecule has 0 saturated heterocycles. The number of hydrogen-bond acceptors (Lipinski definition) is 4. The van der Waals surface area contributed by atoms with E-state index in [1.807, 2.05) is 0 Å². The van der Waals surface area contributed by atoms with Crippen LogP contribution in [0.2, 0.25) is 0 Å². The van der Waals surface area contributed by atoms with E-state index < -0.39 is 11.7 Å². The van der Waals surface area contributed by atoms with Gasteiger partial charge in [-0.3, -0.25) is 0 Å². The summed E-state index contributed by atoms with van der Waals surface area (Å²) in [5, 5.41) is 11.5. The molecule has 0 aromatic rings. The van der Waals surface area contributed by atoms with Gasteiger partial charge in [0.2, 0.25) is 0 Å². The molecule has 5 nitrogen and oxygen atoms in total. The molecule has 0 aliphatic heterocycles. The molecule has 0 radical (unpaired) electrons. The summed E-state index contributed by atoms with van der Waals surface area (Å²) in [6.45, 7) is 10.3. The van der Waals surface area contributed by atoms with Gasteiger partial charge < -0.3 is 0 Å². The molecule has 7 heteroatoms. The standard InChI is InChI=1S/C11H16ClN2O3.W/c1-11(2,3)17-10(16)14-7-8(5-6-15)9(12)13-4;/h4,15H,5-6H2,1-3H3,(H,14,16);/q-1;/b9-8-;. The monoisotopic (exact) mass is 443 g/mol. The predicted molar refractivity (Wildman–Crippen MR) is 67.5 cm³/mol. The number of hydrogen-bond donors (Lipinski definition) is 2. The van der Waals surface area contributed by atoms with Gasteiger partial charge in [0.1, 0.15) is 0 Å². The molecule has 1 amide bonds. The van der Waals surface area contributed by atoms with Crippen molar-refractivity contribution in [1.82, 2.24) is 5.32 Å². The molecule has 0 heterocycles. The molecule has 2 N–H and O–H groups in total. The van der Waals surface area contributed by atoms with E-state index in [4.69, 9.17) is 28.2 Å². The first-order chi connectivity index (χ1) is 8.21. The Kier molecular flexibility index (Phi) is 7.60. The number of amides is 1. The van der Waals surface area contributed by atoms with Crippen LogP contribution in [0, 0.1) is 0 Å². The third-order valence-electron chi connectivity index (χ3n) is 1.61. The Labute approximate surface area is 123 Å². The third-order valence-corrected chi connectivity index (χ3v) is 3.19. The normalized spacial score (nSPS) is 12.5. The Hall–Kier alpha value is -0.512. The topological polar surface area (TPSA) is 70.9 Å². The van der Waals surface area contributed by atoms with E-state index >= 15 is 0 Å². The van der Waals surface area contributed by atoms with Crippen LogP contribution in [0.15, 0.2) is 15.7 Å². The Bertz CT molecular complexity index is 375. The fraction of sp³-hybridized carbons (Fsp3) is 0.545. The van der Waals surface area contributed by atoms with Gasteiger partial charge in [0.15, 0.2) is 0 Å². The number of nitrogens with zero attached hydrogens (tertiary/aromatic N) is 1. The third kappa shape index (κ3) is 7.04. The van der Waals surface area contributed by atoms with Gasteiger partial charge in [-0.2, -0.15) is 0 Å². The molecule has 0 aromatic heterocycles. The van der Waals surface area contributed by atoms with E-state index in [9.17, 15) is 4.79 Å². The van der Waals surface area contributed by atoms with Crippen molar-refractivity contribution in [2.75, 3.05) is 6.61 Å². The predicted octanol–water partition coefficient (Wildman–Crippen LogP) is 1.60. The fourth-order valence-corrected chi connectivity index (χ4v) is 2.40. The van der Waals surface area contributed by atoms with Crippen LogP contribution in [0.5, 0.6) is 0 Å². The number of alkyl carbamates (subject to hydrolysis) is 1. The zero-order valence-corrected chi connectivity index (χ0v) is 14.2. The number of aliphatic hydroxyl groups excluding tert-OH is 1. The summed E-state index contributed by atoms with van der Waals surface area (Å²) in [5.74, 6) is 0. The van der Waals surface area contributed by atoms with Gasteiger partial charge in [0.05, 0.1) is 0 Å². The van der Waals surface area contributed by atoms with Crippen LogP contribution >= 0.6 is 11.6 Å². The van der Waals surface area contributed by atoms with Crippen molar-refractivity contribution in [3.8, 4) is 0 Å². The number of aliphatic hydroxyl groups is 1. The second-order valence-corrected chi connectivity index (χ2v) is 6.15. The molecular weight excluding hydrogens is 427 g/mol. The van der Waals surface area contributed by atoms with Crippen molar-refractivity contribution < 1.29 is 34.0 Å². The van der Waals surface area contributed by atoms with Gasteiger partial charge in [-0.15, -0.1) is 0 Å². The van der Waals surface area contributed by atoms with E-state index in [0.717, 1.165) is 19.4 Å². The molecule has 0 spiro atoms. The maximum atomic E-state index is 11.6. The summed E-state index contributed by atoms with van der Waals surface area (Å²) in [6.07, 6.45) is -0.321. The molecule has 0 fully saturated rings. The molecule has 102 valence electrons. The van der Waals surface area contributed by atoms with Gasteiger partial charge >= 0.3 is 123 Å². The van der Waals surface area contributed by atoms with Gasteiger partial charge in [-0.25, -0.2) is 0 Å². The average molecular weight is 444 g/mol. The first-order valence-electron chi connectivity index (χ1n) is 5.16. The quantitative estimate of drug-likeness (QED) is 0.385. The Morgan fingerprint density at radius 2 is 2.11 bits per heavy atom. The van der Waals surface area contributed by atoms with Crippen LogP contribution in [-0.4, -0.2) is 34.1 Å². The van der Waals surface area contributed by atoms with E-state index in [0.29, 0.717) is 9.59 Å². The van der Waals surface area contributed by atoms with Crippen LogP contribution in [0.3, 0.4) is 0 Å². The molecule has 0 atom stereocenters. The molecule has 0 unspecified atom stereocenters. The number of halogens is 1. The van der Waals surface area contributed by atoms with E-state index in [1.165, 1.54) is 0 Å².